The van der Waals surface area contributed by atoms with Crippen LogP contribution in [-0.4, -0.2) is 41.3 Å². The van der Waals surface area contributed by atoms with Crippen LogP contribution < -0.4 is 4.74 Å². The quantitative estimate of drug-likeness (QED) is 0.738. The molecule has 5 heteroatoms. The highest BCUT2D eigenvalue weighted by Gasteiger charge is 2.09. The maximum absolute atomic E-state index is 8.59. The van der Waals surface area contributed by atoms with E-state index >= 15 is 0 Å². The van der Waals surface area contributed by atoms with Gasteiger partial charge in [-0.15, -0.1) is 10.2 Å². The third kappa shape index (κ3) is 3.97. The maximum atomic E-state index is 8.59. The molecule has 1 aliphatic rings. The molecule has 0 bridgehead atoms. The molecule has 0 aromatic carbocycles. The lowest BCUT2D eigenvalue weighted by Gasteiger charge is -2.26. The standard InChI is InChI=1S/C13H18N4O/c14-11-12-5-6-13(16-15-12)18-10-4-9-17-7-2-1-3-8-17/h5-6H,1-4,7-10H2. The number of aromatic nitrogens is 2. The highest BCUT2D eigenvalue weighted by atomic mass is 16.5. The van der Waals surface area contributed by atoms with E-state index in [1.807, 2.05) is 6.07 Å². The van der Waals surface area contributed by atoms with Gasteiger partial charge in [0.1, 0.15) is 6.07 Å². The molecular formula is C13H18N4O. The van der Waals surface area contributed by atoms with Crippen LogP contribution in [0.5, 0.6) is 5.88 Å². The van der Waals surface area contributed by atoms with Crippen molar-refractivity contribution >= 4 is 0 Å². The molecule has 0 spiro atoms. The second kappa shape index (κ2) is 6.92. The largest absolute Gasteiger partial charge is 0.477 e. The SMILES string of the molecule is N#Cc1ccc(OCCCN2CCCCC2)nn1. The lowest BCUT2D eigenvalue weighted by molar-refractivity contribution is 0.202. The van der Waals surface area contributed by atoms with Gasteiger partial charge in [-0.2, -0.15) is 5.26 Å². The van der Waals surface area contributed by atoms with Crippen LogP contribution in [0.1, 0.15) is 31.4 Å². The summed E-state index contributed by atoms with van der Waals surface area (Å²) in [4.78, 5) is 2.48. The third-order valence-electron chi connectivity index (χ3n) is 3.07. The monoisotopic (exact) mass is 246 g/mol. The summed E-state index contributed by atoms with van der Waals surface area (Å²) >= 11 is 0. The van der Waals surface area contributed by atoms with Gasteiger partial charge in [0.2, 0.25) is 5.88 Å². The Kier molecular flexibility index (Phi) is 4.91. The fraction of sp³-hybridized carbons (Fsp3) is 0.615. The Labute approximate surface area is 107 Å². The molecule has 2 rings (SSSR count). The molecule has 0 unspecified atom stereocenters. The first-order valence-corrected chi connectivity index (χ1v) is 6.47. The molecule has 0 amide bonds. The van der Waals surface area contributed by atoms with Gasteiger partial charge in [0, 0.05) is 12.6 Å². The Balaban J connectivity index is 1.63. The van der Waals surface area contributed by atoms with Crippen LogP contribution in [0.25, 0.3) is 0 Å². The Morgan fingerprint density at radius 3 is 2.72 bits per heavy atom. The maximum Gasteiger partial charge on any atom is 0.233 e. The Hall–Kier alpha value is -1.67. The van der Waals surface area contributed by atoms with Crippen molar-refractivity contribution in [1.82, 2.24) is 15.1 Å². The summed E-state index contributed by atoms with van der Waals surface area (Å²) in [6.07, 6.45) is 5.01. The van der Waals surface area contributed by atoms with Gasteiger partial charge in [0.05, 0.1) is 6.61 Å². The molecule has 1 aromatic heterocycles. The number of piperidine rings is 1. The molecule has 2 heterocycles. The van der Waals surface area contributed by atoms with Gasteiger partial charge in [-0.1, -0.05) is 6.42 Å². The van der Waals surface area contributed by atoms with Crippen molar-refractivity contribution in [2.45, 2.75) is 25.7 Å². The first kappa shape index (κ1) is 12.8. The third-order valence-corrected chi connectivity index (χ3v) is 3.07. The van der Waals surface area contributed by atoms with Crippen molar-refractivity contribution in [3.63, 3.8) is 0 Å². The van der Waals surface area contributed by atoms with Crippen molar-refractivity contribution in [3.8, 4) is 11.9 Å². The minimum atomic E-state index is 0.315. The summed E-state index contributed by atoms with van der Waals surface area (Å²) in [6, 6.07) is 5.23. The van der Waals surface area contributed by atoms with E-state index in [4.69, 9.17) is 10.00 Å². The van der Waals surface area contributed by atoms with Gasteiger partial charge in [0.15, 0.2) is 5.69 Å². The van der Waals surface area contributed by atoms with E-state index in [9.17, 15) is 0 Å². The minimum Gasteiger partial charge on any atom is -0.477 e. The van der Waals surface area contributed by atoms with Gasteiger partial charge in [-0.3, -0.25) is 0 Å². The summed E-state index contributed by atoms with van der Waals surface area (Å²) < 4.78 is 5.49. The second-order valence-corrected chi connectivity index (χ2v) is 4.47. The fourth-order valence-corrected chi connectivity index (χ4v) is 2.10. The van der Waals surface area contributed by atoms with E-state index in [2.05, 4.69) is 15.1 Å². The first-order chi connectivity index (χ1) is 8.88. The topological polar surface area (TPSA) is 62.0 Å². The fourth-order valence-electron chi connectivity index (χ4n) is 2.10. The second-order valence-electron chi connectivity index (χ2n) is 4.47. The zero-order chi connectivity index (χ0) is 12.6. The zero-order valence-corrected chi connectivity index (χ0v) is 10.5. The summed E-state index contributed by atoms with van der Waals surface area (Å²) in [5, 5.41) is 16.1. The normalized spacial score (nSPS) is 16.2. The zero-order valence-electron chi connectivity index (χ0n) is 10.5. The Morgan fingerprint density at radius 1 is 1.22 bits per heavy atom. The van der Waals surface area contributed by atoms with Crippen molar-refractivity contribution < 1.29 is 4.74 Å². The van der Waals surface area contributed by atoms with Crippen molar-refractivity contribution in [2.24, 2.45) is 0 Å². The van der Waals surface area contributed by atoms with E-state index < -0.39 is 0 Å². The molecule has 0 N–H and O–H groups in total. The molecule has 1 aromatic rings. The van der Waals surface area contributed by atoms with Gasteiger partial charge in [-0.25, -0.2) is 0 Å². The van der Waals surface area contributed by atoms with Gasteiger partial charge < -0.3 is 9.64 Å². The van der Waals surface area contributed by atoms with Gasteiger partial charge >= 0.3 is 0 Å². The minimum absolute atomic E-state index is 0.315. The number of likely N-dealkylation sites (tertiary alicyclic amines) is 1. The lowest BCUT2D eigenvalue weighted by Crippen LogP contribution is -2.31. The Bertz CT molecular complexity index is 392. The first-order valence-electron chi connectivity index (χ1n) is 6.47. The predicted molar refractivity (Wildman–Crippen MR) is 67.2 cm³/mol. The highest BCUT2D eigenvalue weighted by molar-refractivity contribution is 5.21. The summed E-state index contributed by atoms with van der Waals surface area (Å²) in [5.74, 6) is 0.493. The summed E-state index contributed by atoms with van der Waals surface area (Å²) in [5.41, 5.74) is 0.315. The molecule has 0 saturated carbocycles. The van der Waals surface area contributed by atoms with E-state index in [-0.39, 0.29) is 0 Å². The van der Waals surface area contributed by atoms with Crippen molar-refractivity contribution in [2.75, 3.05) is 26.2 Å². The van der Waals surface area contributed by atoms with Crippen LogP contribution >= 0.6 is 0 Å². The van der Waals surface area contributed by atoms with Crippen LogP contribution in [0.15, 0.2) is 12.1 Å². The molecule has 0 atom stereocenters. The molecule has 96 valence electrons. The molecule has 18 heavy (non-hydrogen) atoms. The molecule has 1 saturated heterocycles. The van der Waals surface area contributed by atoms with Crippen LogP contribution in [0.3, 0.4) is 0 Å². The van der Waals surface area contributed by atoms with Gasteiger partial charge in [0.25, 0.3) is 0 Å². The average molecular weight is 246 g/mol. The number of hydrogen-bond donors (Lipinski definition) is 0. The summed E-state index contributed by atoms with van der Waals surface area (Å²) in [6.45, 7) is 4.17. The highest BCUT2D eigenvalue weighted by Crippen LogP contribution is 2.09. The van der Waals surface area contributed by atoms with Crippen molar-refractivity contribution in [3.05, 3.63) is 17.8 Å². The summed E-state index contributed by atoms with van der Waals surface area (Å²) in [7, 11) is 0. The lowest BCUT2D eigenvalue weighted by atomic mass is 10.1. The number of ether oxygens (including phenoxy) is 1. The van der Waals surface area contributed by atoms with E-state index in [1.165, 1.54) is 32.4 Å². The molecule has 5 nitrogen and oxygen atoms in total. The molecule has 1 aliphatic heterocycles. The molecule has 0 radical (unpaired) electrons. The van der Waals surface area contributed by atoms with E-state index in [0.717, 1.165) is 13.0 Å². The molecule has 0 aliphatic carbocycles. The predicted octanol–water partition coefficient (Wildman–Crippen LogP) is 1.60. The van der Waals surface area contributed by atoms with Crippen LogP contribution in [-0.2, 0) is 0 Å². The van der Waals surface area contributed by atoms with Crippen LogP contribution in [0, 0.1) is 11.3 Å². The molecular weight excluding hydrogens is 228 g/mol. The number of rotatable bonds is 5. The van der Waals surface area contributed by atoms with Gasteiger partial charge in [-0.05, 0) is 38.4 Å². The number of nitrogens with zero attached hydrogens (tertiary/aromatic N) is 4. The smallest absolute Gasteiger partial charge is 0.233 e. The molecule has 1 fully saturated rings. The Morgan fingerprint density at radius 2 is 2.06 bits per heavy atom. The number of nitriles is 1. The average Bonchev–Trinajstić information content (AvgIpc) is 2.45. The van der Waals surface area contributed by atoms with Crippen LogP contribution in [0.2, 0.25) is 0 Å². The van der Waals surface area contributed by atoms with Crippen LogP contribution in [0.4, 0.5) is 0 Å². The van der Waals surface area contributed by atoms with Crippen molar-refractivity contribution in [1.29, 1.82) is 5.26 Å². The van der Waals surface area contributed by atoms with E-state index in [0.29, 0.717) is 18.2 Å². The van der Waals surface area contributed by atoms with E-state index in [1.54, 1.807) is 12.1 Å². The number of hydrogen-bond acceptors (Lipinski definition) is 5.